The maximum atomic E-state index is 14.7. The van der Waals surface area contributed by atoms with Crippen molar-refractivity contribution in [3.05, 3.63) is 83.4 Å². The zero-order chi connectivity index (χ0) is 40.8. The number of rotatable bonds is 4. The number of hydrogen-bond acceptors (Lipinski definition) is 9. The molecule has 6 bridgehead atoms. The Morgan fingerprint density at radius 1 is 0.696 bits per heavy atom. The summed E-state index contributed by atoms with van der Waals surface area (Å²) in [7, 11) is 5.90. The van der Waals surface area contributed by atoms with Gasteiger partial charge in [0, 0.05) is 40.4 Å². The van der Waals surface area contributed by atoms with Gasteiger partial charge in [-0.15, -0.1) is 0 Å². The van der Waals surface area contributed by atoms with Crippen molar-refractivity contribution in [3.63, 3.8) is 0 Å². The largest absolute Gasteiger partial charge is 0.504 e. The predicted octanol–water partition coefficient (Wildman–Crippen LogP) is 1.93. The van der Waals surface area contributed by atoms with Crippen molar-refractivity contribution in [3.8, 4) is 23.0 Å². The first-order valence-electron chi connectivity index (χ1n) is 18.5. The van der Waals surface area contributed by atoms with Crippen LogP contribution in [0.4, 0.5) is 0 Å². The summed E-state index contributed by atoms with van der Waals surface area (Å²) in [6, 6.07) is 11.6. The number of hydrogen-bond donors (Lipinski definition) is 4. The molecule has 4 N–H and O–H groups in total. The second-order valence-corrected chi connectivity index (χ2v) is 14.3. The second-order valence-electron chi connectivity index (χ2n) is 14.3. The molecule has 3 aromatic rings. The molecule has 6 amide bonds. The molecule has 15 heteroatoms. The molecule has 1 saturated heterocycles. The van der Waals surface area contributed by atoms with Crippen LogP contribution < -0.4 is 25.4 Å². The summed E-state index contributed by atoms with van der Waals surface area (Å²) in [6.45, 7) is 4.67. The smallest absolute Gasteiger partial charge is 0.246 e. The Hall–Kier alpha value is -6.12. The van der Waals surface area contributed by atoms with Crippen molar-refractivity contribution >= 4 is 35.4 Å². The van der Waals surface area contributed by atoms with Crippen molar-refractivity contribution in [2.24, 2.45) is 0 Å². The maximum Gasteiger partial charge on any atom is 0.246 e. The lowest BCUT2D eigenvalue weighted by molar-refractivity contribution is -0.149. The molecule has 3 heterocycles. The number of ether oxygens (including phenoxy) is 2. The average molecular weight is 771 g/mol. The number of nitrogens with zero attached hydrogens (tertiary/aromatic N) is 3. The fraction of sp³-hybridized carbons (Fsp3) is 0.415. The van der Waals surface area contributed by atoms with E-state index in [0.717, 1.165) is 0 Å². The number of phenols is 1. The third-order valence-corrected chi connectivity index (χ3v) is 10.5. The molecule has 3 aliphatic rings. The number of carbonyl (C=O) groups is 6. The first kappa shape index (κ1) is 41.1. The minimum absolute atomic E-state index is 0.0342. The van der Waals surface area contributed by atoms with Gasteiger partial charge in [0.05, 0.1) is 7.11 Å². The predicted molar refractivity (Wildman–Crippen MR) is 206 cm³/mol. The maximum absolute atomic E-state index is 14.7. The van der Waals surface area contributed by atoms with E-state index in [1.54, 1.807) is 67.6 Å². The number of nitrogens with one attached hydrogen (secondary N) is 3. The number of benzene rings is 3. The molecule has 0 spiro atoms. The molecule has 1 fully saturated rings. The first-order chi connectivity index (χ1) is 26.6. The van der Waals surface area contributed by atoms with E-state index in [0.29, 0.717) is 28.2 Å². The minimum atomic E-state index is -1.20. The van der Waals surface area contributed by atoms with Crippen LogP contribution in [-0.4, -0.2) is 120 Å². The van der Waals surface area contributed by atoms with E-state index >= 15 is 0 Å². The Morgan fingerprint density at radius 2 is 1.27 bits per heavy atom. The van der Waals surface area contributed by atoms with E-state index in [4.69, 9.17) is 9.47 Å². The van der Waals surface area contributed by atoms with E-state index < -0.39 is 71.7 Å². The van der Waals surface area contributed by atoms with Crippen molar-refractivity contribution in [1.82, 2.24) is 30.7 Å². The van der Waals surface area contributed by atoms with Gasteiger partial charge in [0.2, 0.25) is 35.4 Å². The number of amides is 6. The molecule has 0 aromatic heterocycles. The number of fused-ring (bicyclic) bond motifs is 2. The number of methoxy groups -OCH3 is 1. The summed E-state index contributed by atoms with van der Waals surface area (Å²) < 4.78 is 11.3. The van der Waals surface area contributed by atoms with Crippen LogP contribution >= 0.6 is 0 Å². The lowest BCUT2D eigenvalue weighted by Crippen LogP contribution is -2.61. The fourth-order valence-electron chi connectivity index (χ4n) is 6.89. The summed E-state index contributed by atoms with van der Waals surface area (Å²) in [6.07, 6.45) is 0.198. The summed E-state index contributed by atoms with van der Waals surface area (Å²) >= 11 is 0. The first-order valence-corrected chi connectivity index (χ1v) is 18.5. The topological polar surface area (TPSA) is 187 Å². The van der Waals surface area contributed by atoms with Crippen molar-refractivity contribution < 1.29 is 43.3 Å². The van der Waals surface area contributed by atoms with Crippen LogP contribution in [-0.2, 0) is 48.0 Å². The summed E-state index contributed by atoms with van der Waals surface area (Å²) in [5, 5.41) is 18.8. The number of likely N-dealkylation sites (N-methyl/N-ethyl adjacent to an activating group) is 3. The highest BCUT2D eigenvalue weighted by Crippen LogP contribution is 2.33. The Morgan fingerprint density at radius 3 is 1.89 bits per heavy atom. The molecule has 0 radical (unpaired) electrons. The van der Waals surface area contributed by atoms with Gasteiger partial charge < -0.3 is 45.2 Å². The molecule has 15 nitrogen and oxygen atoms in total. The van der Waals surface area contributed by atoms with Gasteiger partial charge in [-0.05, 0) is 73.4 Å². The van der Waals surface area contributed by atoms with Gasteiger partial charge in [-0.25, -0.2) is 0 Å². The normalized spacial score (nSPS) is 24.4. The quantitative estimate of drug-likeness (QED) is 0.308. The molecule has 298 valence electrons. The van der Waals surface area contributed by atoms with Crippen LogP contribution in [0, 0.1) is 0 Å². The van der Waals surface area contributed by atoms with E-state index in [1.807, 2.05) is 0 Å². The zero-order valence-corrected chi connectivity index (χ0v) is 32.7. The minimum Gasteiger partial charge on any atom is -0.504 e. The highest BCUT2D eigenvalue weighted by Gasteiger charge is 2.39. The number of aromatic hydroxyl groups is 1. The Bertz CT molecular complexity index is 1950. The highest BCUT2D eigenvalue weighted by molar-refractivity contribution is 5.98. The van der Waals surface area contributed by atoms with Crippen LogP contribution in [0.2, 0.25) is 0 Å². The third kappa shape index (κ3) is 9.21. The molecule has 56 heavy (non-hydrogen) atoms. The van der Waals surface area contributed by atoms with Gasteiger partial charge >= 0.3 is 0 Å². The van der Waals surface area contributed by atoms with E-state index in [1.165, 1.54) is 62.9 Å². The lowest BCUT2D eigenvalue weighted by atomic mass is 9.98. The van der Waals surface area contributed by atoms with Gasteiger partial charge in [0.15, 0.2) is 11.5 Å². The lowest BCUT2D eigenvalue weighted by Gasteiger charge is -2.37. The van der Waals surface area contributed by atoms with Gasteiger partial charge in [-0.3, -0.25) is 28.8 Å². The molecule has 0 saturated carbocycles. The van der Waals surface area contributed by atoms with Crippen molar-refractivity contribution in [1.29, 1.82) is 0 Å². The van der Waals surface area contributed by atoms with Crippen LogP contribution in [0.25, 0.3) is 0 Å². The van der Waals surface area contributed by atoms with E-state index in [-0.39, 0.29) is 37.2 Å². The molecule has 3 aromatic carbocycles. The van der Waals surface area contributed by atoms with Crippen LogP contribution in [0.15, 0.2) is 66.7 Å². The molecule has 6 atom stereocenters. The molecular weight excluding hydrogens is 720 g/mol. The highest BCUT2D eigenvalue weighted by atomic mass is 16.5. The summed E-state index contributed by atoms with van der Waals surface area (Å²) in [5.41, 5.74) is 1.90. The van der Waals surface area contributed by atoms with Crippen LogP contribution in [0.3, 0.4) is 0 Å². The van der Waals surface area contributed by atoms with Gasteiger partial charge in [0.25, 0.3) is 0 Å². The third-order valence-electron chi connectivity index (χ3n) is 10.5. The number of carbonyl (C=O) groups excluding carboxylic acids is 6. The standard InChI is InChI=1S/C41H50N6O9/c1-8-30-36(49)42-23(2)39(52)45(4)31(19-25-9-14-28(55-7)15-10-25)37(50)43-24(3)40(53)47(6)33-20-26-11-16-29(17-12-26)56-35-22-27(13-18-34(35)48)21-32(38(51)44-30)46(5)41(33)54/h9-18,22-24,30-33,48H,8,19-21H2,1-7H3,(H,42,49)(H,43,50)(H,44,51). The molecule has 6 unspecified atom stereocenters. The summed E-state index contributed by atoms with van der Waals surface area (Å²) in [5.74, 6) is -2.61. The van der Waals surface area contributed by atoms with E-state index in [2.05, 4.69) is 16.0 Å². The van der Waals surface area contributed by atoms with Crippen LogP contribution in [0.1, 0.15) is 43.9 Å². The number of phenolic OH excluding ortho intramolecular Hbond substituents is 1. The van der Waals surface area contributed by atoms with Gasteiger partial charge in [0.1, 0.15) is 47.8 Å². The summed E-state index contributed by atoms with van der Waals surface area (Å²) in [4.78, 5) is 88.5. The Kier molecular flexibility index (Phi) is 12.9. The second kappa shape index (κ2) is 17.6. The fourth-order valence-corrected chi connectivity index (χ4v) is 6.89. The van der Waals surface area contributed by atoms with Gasteiger partial charge in [-0.2, -0.15) is 0 Å². The Balaban J connectivity index is 1.59. The molecular formula is C41H50N6O9. The molecule has 3 aliphatic heterocycles. The van der Waals surface area contributed by atoms with Gasteiger partial charge in [-0.1, -0.05) is 37.3 Å². The monoisotopic (exact) mass is 770 g/mol. The molecule has 6 rings (SSSR count). The zero-order valence-electron chi connectivity index (χ0n) is 32.7. The van der Waals surface area contributed by atoms with E-state index in [9.17, 15) is 33.9 Å². The van der Waals surface area contributed by atoms with Crippen molar-refractivity contribution in [2.45, 2.75) is 82.7 Å². The SMILES string of the molecule is CCC1NC(=O)C2Cc3ccc(O)c(c3)Oc3ccc(cc3)CC(C(=O)N2C)N(C)C(=O)C(C)NC(=O)C(Cc2ccc(OC)cc2)N(C)C(=O)C(C)NC1=O. The average Bonchev–Trinajstić information content (AvgIpc) is 3.19. The van der Waals surface area contributed by atoms with Crippen molar-refractivity contribution in [2.75, 3.05) is 28.3 Å². The Labute approximate surface area is 326 Å². The molecule has 0 aliphatic carbocycles. The van der Waals surface area contributed by atoms with Crippen LogP contribution in [0.5, 0.6) is 23.0 Å².